The molecule has 0 saturated carbocycles. The molecule has 0 fully saturated rings. The van der Waals surface area contributed by atoms with Crippen LogP contribution < -0.4 is 10.7 Å². The summed E-state index contributed by atoms with van der Waals surface area (Å²) in [7, 11) is 0. The summed E-state index contributed by atoms with van der Waals surface area (Å²) in [6.07, 6.45) is 2.68. The van der Waals surface area contributed by atoms with Gasteiger partial charge in [-0.15, -0.1) is 0 Å². The van der Waals surface area contributed by atoms with Gasteiger partial charge < -0.3 is 5.32 Å². The molecule has 2 N–H and O–H groups in total. The van der Waals surface area contributed by atoms with E-state index in [4.69, 9.17) is 0 Å². The second-order valence-corrected chi connectivity index (χ2v) is 4.68. The lowest BCUT2D eigenvalue weighted by Crippen LogP contribution is -2.47. The third-order valence-corrected chi connectivity index (χ3v) is 2.49. The van der Waals surface area contributed by atoms with E-state index in [9.17, 15) is 9.59 Å². The maximum Gasteiger partial charge on any atom is 0.267 e. The van der Waals surface area contributed by atoms with Crippen LogP contribution in [0, 0.1) is 0 Å². The molecule has 5 nitrogen and oxygen atoms in total. The highest BCUT2D eigenvalue weighted by molar-refractivity contribution is 6.39. The Balaban J connectivity index is 2.55. The van der Waals surface area contributed by atoms with Gasteiger partial charge in [0.15, 0.2) is 0 Å². The van der Waals surface area contributed by atoms with E-state index in [-0.39, 0.29) is 17.4 Å². The molecule has 0 spiro atoms. The molecule has 0 unspecified atom stereocenters. The van der Waals surface area contributed by atoms with Crippen molar-refractivity contribution < 1.29 is 9.59 Å². The summed E-state index contributed by atoms with van der Waals surface area (Å²) in [5.41, 5.74) is 2.50. The van der Waals surface area contributed by atoms with Crippen LogP contribution in [-0.2, 0) is 9.59 Å². The molecule has 1 aliphatic heterocycles. The van der Waals surface area contributed by atoms with Crippen LogP contribution in [0.5, 0.6) is 0 Å². The molecule has 1 heterocycles. The zero-order valence-corrected chi connectivity index (χ0v) is 10.1. The van der Waals surface area contributed by atoms with E-state index >= 15 is 0 Å². The fourth-order valence-corrected chi connectivity index (χ4v) is 1.70. The number of hydrogen-bond acceptors (Lipinski definition) is 3. The Labute approximate surface area is 95.7 Å². The Hall–Kier alpha value is -1.39. The number of carbonyl (C=O) groups is 2. The Kier molecular flexibility index (Phi) is 4.04. The highest BCUT2D eigenvalue weighted by Gasteiger charge is 2.24. The maximum absolute atomic E-state index is 11.8. The van der Waals surface area contributed by atoms with Crippen molar-refractivity contribution in [2.45, 2.75) is 52.0 Å². The van der Waals surface area contributed by atoms with Gasteiger partial charge in [0.1, 0.15) is 5.71 Å². The monoisotopic (exact) mass is 225 g/mol. The van der Waals surface area contributed by atoms with E-state index in [1.165, 1.54) is 0 Å². The third kappa shape index (κ3) is 3.64. The summed E-state index contributed by atoms with van der Waals surface area (Å²) in [6.45, 7) is 6.04. The smallest absolute Gasteiger partial charge is 0.267 e. The average molecular weight is 225 g/mol. The molecule has 16 heavy (non-hydrogen) atoms. The average Bonchev–Trinajstić information content (AvgIpc) is 2.17. The summed E-state index contributed by atoms with van der Waals surface area (Å²) in [6, 6.07) is 0. The molecular formula is C11H19N3O2. The molecule has 0 radical (unpaired) electrons. The number of hydrazone groups is 1. The van der Waals surface area contributed by atoms with Crippen molar-refractivity contribution in [3.05, 3.63) is 0 Å². The van der Waals surface area contributed by atoms with Crippen LogP contribution in [0.1, 0.15) is 46.5 Å². The summed E-state index contributed by atoms with van der Waals surface area (Å²) >= 11 is 0. The number of nitrogens with zero attached hydrogens (tertiary/aromatic N) is 1. The molecule has 0 aromatic rings. The molecule has 90 valence electrons. The molecular weight excluding hydrogens is 206 g/mol. The van der Waals surface area contributed by atoms with Crippen LogP contribution in [0.3, 0.4) is 0 Å². The van der Waals surface area contributed by atoms with E-state index in [2.05, 4.69) is 22.8 Å². The van der Waals surface area contributed by atoms with Crippen molar-refractivity contribution in [2.75, 3.05) is 0 Å². The molecule has 0 aliphatic carbocycles. The third-order valence-electron chi connectivity index (χ3n) is 2.49. The molecule has 1 aliphatic rings. The summed E-state index contributed by atoms with van der Waals surface area (Å²) in [4.78, 5) is 22.7. The largest absolute Gasteiger partial charge is 0.346 e. The highest BCUT2D eigenvalue weighted by Crippen LogP contribution is 2.11. The van der Waals surface area contributed by atoms with Crippen LogP contribution in [-0.4, -0.2) is 23.1 Å². The molecule has 0 aromatic heterocycles. The first-order chi connectivity index (χ1) is 7.44. The van der Waals surface area contributed by atoms with Gasteiger partial charge >= 0.3 is 0 Å². The quantitative estimate of drug-likeness (QED) is 0.747. The van der Waals surface area contributed by atoms with Crippen LogP contribution in [0.25, 0.3) is 0 Å². The minimum Gasteiger partial charge on any atom is -0.346 e. The zero-order valence-electron chi connectivity index (χ0n) is 10.1. The van der Waals surface area contributed by atoms with Gasteiger partial charge in [-0.05, 0) is 20.3 Å². The number of amides is 2. The van der Waals surface area contributed by atoms with Gasteiger partial charge in [-0.2, -0.15) is 5.10 Å². The molecule has 0 atom stereocenters. The Bertz CT molecular complexity index is 321. The fraction of sp³-hybridized carbons (Fsp3) is 0.727. The molecule has 1 rings (SSSR count). The highest BCUT2D eigenvalue weighted by atomic mass is 16.2. The molecule has 0 aromatic carbocycles. The van der Waals surface area contributed by atoms with Crippen molar-refractivity contribution in [3.8, 4) is 0 Å². The fourth-order valence-electron chi connectivity index (χ4n) is 1.70. The zero-order chi connectivity index (χ0) is 12.2. The summed E-state index contributed by atoms with van der Waals surface area (Å²) in [5, 5.41) is 6.68. The van der Waals surface area contributed by atoms with Gasteiger partial charge in [0.25, 0.3) is 5.91 Å². The van der Waals surface area contributed by atoms with E-state index in [1.807, 2.05) is 13.8 Å². The predicted octanol–water partition coefficient (Wildman–Crippen LogP) is 0.947. The minimum absolute atomic E-state index is 0.135. The number of carbonyl (C=O) groups excluding carboxylic acids is 2. The van der Waals surface area contributed by atoms with E-state index in [0.29, 0.717) is 18.6 Å². The van der Waals surface area contributed by atoms with E-state index in [0.717, 1.165) is 12.8 Å². The van der Waals surface area contributed by atoms with Gasteiger partial charge in [0, 0.05) is 18.4 Å². The van der Waals surface area contributed by atoms with Crippen LogP contribution in [0.2, 0.25) is 0 Å². The van der Waals surface area contributed by atoms with Crippen LogP contribution in [0.4, 0.5) is 0 Å². The first kappa shape index (κ1) is 12.7. The predicted molar refractivity (Wildman–Crippen MR) is 61.9 cm³/mol. The Morgan fingerprint density at radius 3 is 2.69 bits per heavy atom. The molecule has 2 amide bonds. The first-order valence-corrected chi connectivity index (χ1v) is 5.62. The van der Waals surface area contributed by atoms with Crippen molar-refractivity contribution in [3.63, 3.8) is 0 Å². The number of hydrogen-bond donors (Lipinski definition) is 2. The molecule has 0 bridgehead atoms. The van der Waals surface area contributed by atoms with Crippen molar-refractivity contribution in [2.24, 2.45) is 5.10 Å². The first-order valence-electron chi connectivity index (χ1n) is 5.62. The maximum atomic E-state index is 11.8. The van der Waals surface area contributed by atoms with Gasteiger partial charge in [-0.3, -0.25) is 9.59 Å². The van der Waals surface area contributed by atoms with Crippen LogP contribution in [0.15, 0.2) is 5.10 Å². The number of nitrogens with one attached hydrogen (secondary N) is 2. The lowest BCUT2D eigenvalue weighted by atomic mass is 9.98. The normalized spacial score (nSPS) is 16.4. The van der Waals surface area contributed by atoms with Gasteiger partial charge in [0.2, 0.25) is 5.91 Å². The van der Waals surface area contributed by atoms with Crippen LogP contribution >= 0.6 is 0 Å². The summed E-state index contributed by atoms with van der Waals surface area (Å²) < 4.78 is 0. The van der Waals surface area contributed by atoms with Gasteiger partial charge in [-0.1, -0.05) is 13.3 Å². The summed E-state index contributed by atoms with van der Waals surface area (Å²) in [5.74, 6) is -0.317. The second-order valence-electron chi connectivity index (χ2n) is 4.68. The van der Waals surface area contributed by atoms with Crippen molar-refractivity contribution in [1.82, 2.24) is 10.7 Å². The van der Waals surface area contributed by atoms with Gasteiger partial charge in [-0.25, -0.2) is 5.43 Å². The van der Waals surface area contributed by atoms with Gasteiger partial charge in [0.05, 0.1) is 0 Å². The van der Waals surface area contributed by atoms with Crippen molar-refractivity contribution in [1.29, 1.82) is 0 Å². The number of rotatable bonds is 4. The van der Waals surface area contributed by atoms with E-state index in [1.54, 1.807) is 0 Å². The standard InChI is InChI=1S/C11H19N3O2/c1-4-7-11(2,3)12-10(16)8-5-6-9(15)14-13-8/h4-7H2,1-3H3,(H,12,16)(H,14,15). The Morgan fingerprint density at radius 2 is 2.19 bits per heavy atom. The van der Waals surface area contributed by atoms with E-state index < -0.39 is 0 Å². The van der Waals surface area contributed by atoms with Crippen molar-refractivity contribution >= 4 is 17.5 Å². The lowest BCUT2D eigenvalue weighted by Gasteiger charge is -2.26. The minimum atomic E-state index is -0.226. The molecule has 0 saturated heterocycles. The Morgan fingerprint density at radius 1 is 1.50 bits per heavy atom. The lowest BCUT2D eigenvalue weighted by molar-refractivity contribution is -0.121. The topological polar surface area (TPSA) is 70.6 Å². The SMILES string of the molecule is CCCC(C)(C)NC(=O)C1=NNC(=O)CC1. The molecule has 5 heteroatoms. The second kappa shape index (κ2) is 5.09.